The monoisotopic (exact) mass is 239 g/mol. The third-order valence-corrected chi connectivity index (χ3v) is 4.17. The van der Waals surface area contributed by atoms with Crippen molar-refractivity contribution in [3.05, 3.63) is 0 Å². The molecule has 2 aliphatic heterocycles. The topological polar surface area (TPSA) is 35.6 Å². The summed E-state index contributed by atoms with van der Waals surface area (Å²) in [6, 6.07) is 0.626. The smallest absolute Gasteiger partial charge is 0.239 e. The molecule has 0 spiro atoms. The number of nitrogens with zero attached hydrogens (tertiary/aromatic N) is 2. The quantitative estimate of drug-likeness (QED) is 0.770. The molecule has 0 radical (unpaired) electrons. The Morgan fingerprint density at radius 3 is 2.82 bits per heavy atom. The maximum atomic E-state index is 12.4. The van der Waals surface area contributed by atoms with E-state index in [-0.39, 0.29) is 6.04 Å². The van der Waals surface area contributed by atoms with Crippen LogP contribution < -0.4 is 5.32 Å². The average molecular weight is 239 g/mol. The summed E-state index contributed by atoms with van der Waals surface area (Å²) >= 11 is 0. The van der Waals surface area contributed by atoms with Crippen LogP contribution in [0, 0.1) is 0 Å². The lowest BCUT2D eigenvalue weighted by Crippen LogP contribution is -2.57. The van der Waals surface area contributed by atoms with Crippen LogP contribution in [0.15, 0.2) is 0 Å². The fraction of sp³-hybridized carbons (Fsp3) is 0.923. The van der Waals surface area contributed by atoms with Crippen LogP contribution in [0.2, 0.25) is 0 Å². The Bertz CT molecular complexity index is 263. The van der Waals surface area contributed by atoms with Crippen LogP contribution in [0.4, 0.5) is 0 Å². The van der Waals surface area contributed by atoms with Crippen molar-refractivity contribution in [3.8, 4) is 0 Å². The highest BCUT2D eigenvalue weighted by Gasteiger charge is 2.30. The van der Waals surface area contributed by atoms with Crippen LogP contribution in [0.1, 0.15) is 32.6 Å². The molecule has 0 aromatic carbocycles. The van der Waals surface area contributed by atoms with Gasteiger partial charge < -0.3 is 10.2 Å². The van der Waals surface area contributed by atoms with E-state index in [0.29, 0.717) is 11.9 Å². The van der Waals surface area contributed by atoms with E-state index >= 15 is 0 Å². The van der Waals surface area contributed by atoms with Gasteiger partial charge in [0.2, 0.25) is 5.91 Å². The minimum atomic E-state index is 0.0877. The molecule has 4 nitrogen and oxygen atoms in total. The van der Waals surface area contributed by atoms with Crippen LogP contribution >= 0.6 is 0 Å². The first-order valence-electron chi connectivity index (χ1n) is 6.94. The maximum Gasteiger partial charge on any atom is 0.239 e. The van der Waals surface area contributed by atoms with Crippen LogP contribution in [-0.2, 0) is 4.79 Å². The summed E-state index contributed by atoms with van der Waals surface area (Å²) in [7, 11) is 2.16. The van der Waals surface area contributed by atoms with Gasteiger partial charge in [0.25, 0.3) is 0 Å². The lowest BCUT2D eigenvalue weighted by molar-refractivity contribution is -0.136. The summed E-state index contributed by atoms with van der Waals surface area (Å²) in [4.78, 5) is 16.8. The van der Waals surface area contributed by atoms with E-state index in [2.05, 4.69) is 29.1 Å². The second-order valence-electron chi connectivity index (χ2n) is 5.33. The van der Waals surface area contributed by atoms with Gasteiger partial charge in [-0.15, -0.1) is 0 Å². The number of hydrogen-bond donors (Lipinski definition) is 1. The Hall–Kier alpha value is -0.610. The van der Waals surface area contributed by atoms with Crippen molar-refractivity contribution in [1.82, 2.24) is 15.1 Å². The molecule has 98 valence electrons. The molecule has 2 heterocycles. The molecule has 0 aromatic rings. The zero-order valence-corrected chi connectivity index (χ0v) is 11.1. The number of rotatable bonds is 2. The van der Waals surface area contributed by atoms with Gasteiger partial charge in [-0.2, -0.15) is 0 Å². The van der Waals surface area contributed by atoms with E-state index in [1.165, 1.54) is 12.8 Å². The molecule has 2 fully saturated rings. The van der Waals surface area contributed by atoms with E-state index in [1.54, 1.807) is 0 Å². The summed E-state index contributed by atoms with van der Waals surface area (Å²) in [6.07, 6.45) is 4.54. The maximum absolute atomic E-state index is 12.4. The molecule has 0 bridgehead atoms. The highest BCUT2D eigenvalue weighted by atomic mass is 16.2. The molecule has 0 aromatic heterocycles. The standard InChI is InChI=1S/C13H25N3O/c1-3-11-10-16(9-8-15(11)2)13(17)12-6-4-5-7-14-12/h11-12,14H,3-10H2,1-2H3/t11?,12-/m1/s1. The van der Waals surface area contributed by atoms with E-state index in [0.717, 1.165) is 39.0 Å². The average Bonchev–Trinajstić information content (AvgIpc) is 2.39. The number of piperazine rings is 1. The molecule has 0 saturated carbocycles. The number of likely N-dealkylation sites (N-methyl/N-ethyl adjacent to an activating group) is 1. The molecule has 4 heteroatoms. The number of piperidine rings is 1. The zero-order chi connectivity index (χ0) is 12.3. The van der Waals surface area contributed by atoms with Crippen molar-refractivity contribution < 1.29 is 4.79 Å². The van der Waals surface area contributed by atoms with Gasteiger partial charge in [0.15, 0.2) is 0 Å². The minimum absolute atomic E-state index is 0.0877. The van der Waals surface area contributed by atoms with E-state index < -0.39 is 0 Å². The second-order valence-corrected chi connectivity index (χ2v) is 5.33. The number of nitrogens with one attached hydrogen (secondary N) is 1. The summed E-state index contributed by atoms with van der Waals surface area (Å²) in [5.41, 5.74) is 0. The van der Waals surface area contributed by atoms with Gasteiger partial charge in [-0.3, -0.25) is 9.69 Å². The molecule has 2 rings (SSSR count). The normalized spacial score (nSPS) is 31.5. The van der Waals surface area contributed by atoms with Gasteiger partial charge in [-0.25, -0.2) is 0 Å². The van der Waals surface area contributed by atoms with Crippen molar-refractivity contribution >= 4 is 5.91 Å². The van der Waals surface area contributed by atoms with Crippen molar-refractivity contribution in [2.45, 2.75) is 44.7 Å². The van der Waals surface area contributed by atoms with Crippen LogP contribution in [0.3, 0.4) is 0 Å². The summed E-state index contributed by atoms with van der Waals surface area (Å²) < 4.78 is 0. The lowest BCUT2D eigenvalue weighted by Gasteiger charge is -2.40. The largest absolute Gasteiger partial charge is 0.338 e. The van der Waals surface area contributed by atoms with Gasteiger partial charge in [0.05, 0.1) is 6.04 Å². The first-order valence-corrected chi connectivity index (χ1v) is 6.94. The first-order chi connectivity index (χ1) is 8.22. The molecule has 0 aliphatic carbocycles. The number of hydrogen-bond acceptors (Lipinski definition) is 3. The Balaban J connectivity index is 1.90. The van der Waals surface area contributed by atoms with Crippen molar-refractivity contribution in [2.75, 3.05) is 33.2 Å². The predicted molar refractivity (Wildman–Crippen MR) is 68.9 cm³/mol. The SMILES string of the molecule is CCC1CN(C(=O)[C@H]2CCCCN2)CCN1C. The van der Waals surface area contributed by atoms with Gasteiger partial charge in [0, 0.05) is 25.7 Å². The van der Waals surface area contributed by atoms with E-state index in [4.69, 9.17) is 0 Å². The third kappa shape index (κ3) is 2.99. The Morgan fingerprint density at radius 1 is 1.35 bits per heavy atom. The summed E-state index contributed by atoms with van der Waals surface area (Å²) in [6.45, 7) is 6.01. The Labute approximate surface area is 104 Å². The lowest BCUT2D eigenvalue weighted by atomic mass is 10.0. The molecule has 1 unspecified atom stereocenters. The number of amides is 1. The highest BCUT2D eigenvalue weighted by Crippen LogP contribution is 2.15. The molecule has 2 saturated heterocycles. The van der Waals surface area contributed by atoms with Crippen molar-refractivity contribution in [2.24, 2.45) is 0 Å². The fourth-order valence-electron chi connectivity index (χ4n) is 2.87. The van der Waals surface area contributed by atoms with Crippen LogP contribution in [0.25, 0.3) is 0 Å². The number of carbonyl (C=O) groups is 1. The molecule has 2 aliphatic rings. The first kappa shape index (κ1) is 12.8. The predicted octanol–water partition coefficient (Wildman–Crippen LogP) is 0.681. The van der Waals surface area contributed by atoms with Crippen molar-refractivity contribution in [1.29, 1.82) is 0 Å². The van der Waals surface area contributed by atoms with Crippen molar-refractivity contribution in [3.63, 3.8) is 0 Å². The molecule has 17 heavy (non-hydrogen) atoms. The highest BCUT2D eigenvalue weighted by molar-refractivity contribution is 5.82. The zero-order valence-electron chi connectivity index (χ0n) is 11.1. The fourth-order valence-corrected chi connectivity index (χ4v) is 2.87. The summed E-state index contributed by atoms with van der Waals surface area (Å²) in [5.74, 6) is 0.330. The molecule has 2 atom stereocenters. The Morgan fingerprint density at radius 2 is 2.18 bits per heavy atom. The molecular weight excluding hydrogens is 214 g/mol. The second kappa shape index (κ2) is 5.83. The van der Waals surface area contributed by atoms with Gasteiger partial charge >= 0.3 is 0 Å². The Kier molecular flexibility index (Phi) is 4.40. The number of carbonyl (C=O) groups excluding carboxylic acids is 1. The van der Waals surface area contributed by atoms with Gasteiger partial charge in [-0.1, -0.05) is 13.3 Å². The van der Waals surface area contributed by atoms with Crippen LogP contribution in [0.5, 0.6) is 0 Å². The molecule has 1 N–H and O–H groups in total. The third-order valence-electron chi connectivity index (χ3n) is 4.17. The van der Waals surface area contributed by atoms with E-state index in [9.17, 15) is 4.79 Å². The molecule has 1 amide bonds. The minimum Gasteiger partial charge on any atom is -0.338 e. The van der Waals surface area contributed by atoms with E-state index in [1.807, 2.05) is 0 Å². The summed E-state index contributed by atoms with van der Waals surface area (Å²) in [5, 5.41) is 3.36. The molecular formula is C13H25N3O. The van der Waals surface area contributed by atoms with Gasteiger partial charge in [0.1, 0.15) is 0 Å². The van der Waals surface area contributed by atoms with Gasteiger partial charge in [-0.05, 0) is 32.9 Å². The van der Waals surface area contributed by atoms with Crippen LogP contribution in [-0.4, -0.2) is 61.0 Å².